The molecule has 4 aliphatic carbocycles. The van der Waals surface area contributed by atoms with Crippen molar-refractivity contribution in [3.63, 3.8) is 0 Å². The molecule has 2 N–H and O–H groups in total. The second-order valence-electron chi connectivity index (χ2n) is 12.0. The number of hydrogen-bond donors (Lipinski definition) is 2. The van der Waals surface area contributed by atoms with Gasteiger partial charge in [-0.15, -0.1) is 0 Å². The highest BCUT2D eigenvalue weighted by atomic mass is 16.5. The quantitative estimate of drug-likeness (QED) is 0.225. The number of benzene rings is 4. The van der Waals surface area contributed by atoms with Crippen LogP contribution in [0, 0.1) is 23.7 Å². The van der Waals surface area contributed by atoms with Gasteiger partial charge in [0.15, 0.2) is 0 Å². The van der Waals surface area contributed by atoms with Crippen LogP contribution in [0.15, 0.2) is 97.1 Å². The highest BCUT2D eigenvalue weighted by molar-refractivity contribution is 5.88. The molecule has 0 heterocycles. The van der Waals surface area contributed by atoms with E-state index in [-0.39, 0.29) is 16.5 Å². The first-order chi connectivity index (χ1) is 20.4. The van der Waals surface area contributed by atoms with Crippen LogP contribution in [0.2, 0.25) is 0 Å². The Morgan fingerprint density at radius 1 is 0.548 bits per heavy atom. The zero-order chi connectivity index (χ0) is 28.8. The standard InChI is InChI=1S/C36H32O6/c37-34(38)24-9-13-28(14-10-24)41-32-7-3-1-5-30(32)36(26-18-22-17-23(20-26)21-27(36)19-22)31-6-2-4-8-33(31)42-29-15-11-25(12-16-29)35(39)40/h1-16,22-23,26-27H,17-21H2,(H,37,38)(H,39,40). The number of aromatic carboxylic acids is 2. The van der Waals surface area contributed by atoms with Crippen molar-refractivity contribution in [3.05, 3.63) is 119 Å². The fourth-order valence-corrected chi connectivity index (χ4v) is 8.33. The molecule has 0 radical (unpaired) electrons. The Balaban J connectivity index is 1.35. The summed E-state index contributed by atoms with van der Waals surface area (Å²) in [5, 5.41) is 18.7. The molecule has 4 saturated carbocycles. The van der Waals surface area contributed by atoms with Gasteiger partial charge in [-0.25, -0.2) is 9.59 Å². The third-order valence-corrected chi connectivity index (χ3v) is 9.75. The molecule has 6 nitrogen and oxygen atoms in total. The van der Waals surface area contributed by atoms with Crippen molar-refractivity contribution in [1.29, 1.82) is 0 Å². The van der Waals surface area contributed by atoms with E-state index >= 15 is 0 Å². The number of carboxylic acid groups (broad SMARTS) is 2. The molecule has 4 fully saturated rings. The van der Waals surface area contributed by atoms with E-state index in [0.29, 0.717) is 23.3 Å². The predicted molar refractivity (Wildman–Crippen MR) is 158 cm³/mol. The maximum Gasteiger partial charge on any atom is 0.335 e. The molecule has 8 rings (SSSR count). The average Bonchev–Trinajstić information content (AvgIpc) is 2.99. The molecule has 6 heteroatoms. The lowest BCUT2D eigenvalue weighted by molar-refractivity contribution is -0.0431. The van der Waals surface area contributed by atoms with E-state index in [1.165, 1.54) is 6.42 Å². The maximum atomic E-state index is 11.4. The molecular formula is C36H32O6. The molecule has 0 saturated heterocycles. The van der Waals surface area contributed by atoms with Gasteiger partial charge in [-0.1, -0.05) is 36.4 Å². The first kappa shape index (κ1) is 26.3. The van der Waals surface area contributed by atoms with Crippen LogP contribution in [0.3, 0.4) is 0 Å². The van der Waals surface area contributed by atoms with Crippen molar-refractivity contribution in [2.75, 3.05) is 0 Å². The topological polar surface area (TPSA) is 93.1 Å². The van der Waals surface area contributed by atoms with Crippen molar-refractivity contribution >= 4 is 11.9 Å². The molecule has 0 unspecified atom stereocenters. The zero-order valence-corrected chi connectivity index (χ0v) is 23.1. The van der Waals surface area contributed by atoms with E-state index in [0.717, 1.165) is 60.1 Å². The monoisotopic (exact) mass is 560 g/mol. The Morgan fingerprint density at radius 2 is 0.929 bits per heavy atom. The van der Waals surface area contributed by atoms with Crippen LogP contribution < -0.4 is 9.47 Å². The zero-order valence-electron chi connectivity index (χ0n) is 23.1. The van der Waals surface area contributed by atoms with Crippen LogP contribution in [0.4, 0.5) is 0 Å². The highest BCUT2D eigenvalue weighted by Crippen LogP contribution is 2.67. The molecule has 0 spiro atoms. The van der Waals surface area contributed by atoms with Gasteiger partial charge in [-0.05, 0) is 116 Å². The molecule has 0 amide bonds. The molecule has 0 aromatic heterocycles. The van der Waals surface area contributed by atoms with Crippen LogP contribution in [0.5, 0.6) is 23.0 Å². The van der Waals surface area contributed by atoms with Gasteiger partial charge in [0.25, 0.3) is 0 Å². The third-order valence-electron chi connectivity index (χ3n) is 9.75. The molecule has 42 heavy (non-hydrogen) atoms. The predicted octanol–water partition coefficient (Wildman–Crippen LogP) is 8.41. The van der Waals surface area contributed by atoms with E-state index in [9.17, 15) is 19.8 Å². The smallest absolute Gasteiger partial charge is 0.335 e. The number of ether oxygens (including phenoxy) is 2. The summed E-state index contributed by atoms with van der Waals surface area (Å²) in [6.45, 7) is 0. The molecule has 4 aliphatic rings. The summed E-state index contributed by atoms with van der Waals surface area (Å²) in [4.78, 5) is 22.8. The van der Waals surface area contributed by atoms with Crippen LogP contribution in [-0.2, 0) is 5.41 Å². The van der Waals surface area contributed by atoms with Gasteiger partial charge >= 0.3 is 11.9 Å². The first-order valence-corrected chi connectivity index (χ1v) is 14.6. The van der Waals surface area contributed by atoms with Gasteiger partial charge in [0.2, 0.25) is 0 Å². The van der Waals surface area contributed by atoms with Gasteiger partial charge < -0.3 is 19.7 Å². The Bertz CT molecular complexity index is 1510. The van der Waals surface area contributed by atoms with Gasteiger partial charge in [0, 0.05) is 16.5 Å². The molecule has 4 aromatic carbocycles. The number of carboxylic acids is 2. The molecule has 4 aromatic rings. The molecular weight excluding hydrogens is 528 g/mol. The largest absolute Gasteiger partial charge is 0.478 e. The lowest BCUT2D eigenvalue weighted by Gasteiger charge is -2.62. The Labute approximate surface area is 244 Å². The van der Waals surface area contributed by atoms with E-state index in [1.54, 1.807) is 48.5 Å². The van der Waals surface area contributed by atoms with E-state index in [1.807, 2.05) is 24.3 Å². The summed E-state index contributed by atoms with van der Waals surface area (Å²) < 4.78 is 13.1. The number of hydrogen-bond acceptors (Lipinski definition) is 4. The number of rotatable bonds is 8. The minimum atomic E-state index is -0.969. The summed E-state index contributed by atoms with van der Waals surface area (Å²) in [5.41, 5.74) is 2.38. The Kier molecular flexibility index (Phi) is 6.49. The SMILES string of the molecule is O=C(O)c1ccc(Oc2ccccc2C2(c3ccccc3Oc3ccc(C(=O)O)cc3)C3CC4CC(C3)CC2C4)cc1. The molecule has 0 aliphatic heterocycles. The highest BCUT2D eigenvalue weighted by Gasteiger charge is 2.60. The fraction of sp³-hybridized carbons (Fsp3) is 0.278. The van der Waals surface area contributed by atoms with Gasteiger partial charge in [-0.3, -0.25) is 0 Å². The van der Waals surface area contributed by atoms with Crippen molar-refractivity contribution in [1.82, 2.24) is 0 Å². The summed E-state index contributed by atoms with van der Waals surface area (Å²) >= 11 is 0. The van der Waals surface area contributed by atoms with E-state index in [2.05, 4.69) is 24.3 Å². The lowest BCUT2D eigenvalue weighted by Crippen LogP contribution is -2.56. The minimum Gasteiger partial charge on any atom is -0.478 e. The molecule has 4 bridgehead atoms. The van der Waals surface area contributed by atoms with Crippen LogP contribution >= 0.6 is 0 Å². The first-order valence-electron chi connectivity index (χ1n) is 14.6. The van der Waals surface area contributed by atoms with Crippen LogP contribution in [-0.4, -0.2) is 22.2 Å². The summed E-state index contributed by atoms with van der Waals surface area (Å²) in [7, 11) is 0. The maximum absolute atomic E-state index is 11.4. The van der Waals surface area contributed by atoms with E-state index in [4.69, 9.17) is 9.47 Å². The lowest BCUT2D eigenvalue weighted by atomic mass is 9.42. The second-order valence-corrected chi connectivity index (χ2v) is 12.0. The minimum absolute atomic E-state index is 0.218. The van der Waals surface area contributed by atoms with Crippen LogP contribution in [0.1, 0.15) is 63.9 Å². The van der Waals surface area contributed by atoms with E-state index < -0.39 is 11.9 Å². The van der Waals surface area contributed by atoms with Crippen LogP contribution in [0.25, 0.3) is 0 Å². The van der Waals surface area contributed by atoms with Gasteiger partial charge in [0.1, 0.15) is 23.0 Å². The number of para-hydroxylation sites is 2. The Morgan fingerprint density at radius 3 is 1.31 bits per heavy atom. The summed E-state index contributed by atoms with van der Waals surface area (Å²) in [5.74, 6) is 3.13. The van der Waals surface area contributed by atoms with Gasteiger partial charge in [-0.2, -0.15) is 0 Å². The molecule has 212 valence electrons. The van der Waals surface area contributed by atoms with Gasteiger partial charge in [0.05, 0.1) is 11.1 Å². The van der Waals surface area contributed by atoms with Crippen molar-refractivity contribution < 1.29 is 29.3 Å². The average molecular weight is 561 g/mol. The normalized spacial score (nSPS) is 23.3. The number of carbonyl (C=O) groups is 2. The summed E-state index contributed by atoms with van der Waals surface area (Å²) in [6.07, 6.45) is 5.98. The Hall–Kier alpha value is -4.58. The van der Waals surface area contributed by atoms with Crippen molar-refractivity contribution in [2.45, 2.75) is 37.5 Å². The third kappa shape index (κ3) is 4.42. The van der Waals surface area contributed by atoms with Crippen molar-refractivity contribution in [3.8, 4) is 23.0 Å². The second kappa shape index (κ2) is 10.4. The summed E-state index contributed by atoms with van der Waals surface area (Å²) in [6, 6.07) is 29.7. The molecule has 0 atom stereocenters. The van der Waals surface area contributed by atoms with Crippen molar-refractivity contribution in [2.24, 2.45) is 23.7 Å². The fourth-order valence-electron chi connectivity index (χ4n) is 8.33.